The zero-order valence-corrected chi connectivity index (χ0v) is 11.5. The van der Waals surface area contributed by atoms with Crippen molar-refractivity contribution in [3.63, 3.8) is 0 Å². The molecule has 0 aliphatic heterocycles. The molecule has 3 N–H and O–H groups in total. The minimum atomic E-state index is 0.114. The fraction of sp³-hybridized carbons (Fsp3) is 0.583. The second kappa shape index (κ2) is 7.53. The van der Waals surface area contributed by atoms with Crippen LogP contribution in [-0.2, 0) is 0 Å². The lowest BCUT2D eigenvalue weighted by molar-refractivity contribution is 0.241. The van der Waals surface area contributed by atoms with E-state index in [9.17, 15) is 0 Å². The fourth-order valence-corrected chi connectivity index (χ4v) is 2.20. The van der Waals surface area contributed by atoms with E-state index in [1.165, 1.54) is 0 Å². The predicted molar refractivity (Wildman–Crippen MR) is 73.1 cm³/mol. The van der Waals surface area contributed by atoms with Crippen molar-refractivity contribution in [2.75, 3.05) is 11.5 Å². The summed E-state index contributed by atoms with van der Waals surface area (Å²) in [6.07, 6.45) is 3.71. The van der Waals surface area contributed by atoms with Gasteiger partial charge in [0.15, 0.2) is 0 Å². The van der Waals surface area contributed by atoms with Gasteiger partial charge in [-0.1, -0.05) is 6.92 Å². The molecule has 1 aromatic rings. The van der Waals surface area contributed by atoms with Crippen LogP contribution in [0.4, 0.5) is 0 Å². The van der Waals surface area contributed by atoms with E-state index in [1.807, 2.05) is 37.9 Å². The van der Waals surface area contributed by atoms with Gasteiger partial charge in [0, 0.05) is 11.9 Å². The molecule has 1 atom stereocenters. The third kappa shape index (κ3) is 4.93. The summed E-state index contributed by atoms with van der Waals surface area (Å²) in [5.74, 6) is 8.36. The Kier molecular flexibility index (Phi) is 6.32. The van der Waals surface area contributed by atoms with Crippen LogP contribution in [0.1, 0.15) is 32.4 Å². The third-order valence-electron chi connectivity index (χ3n) is 2.20. The Morgan fingerprint density at radius 3 is 2.82 bits per heavy atom. The molecule has 0 amide bonds. The standard InChI is InChI=1S/C12H21N3OS/c1-4-17-8-12(15-13)10-5-11(7-14-6-10)16-9(2)3/h5-7,9,12,15H,4,8,13H2,1-3H3. The van der Waals surface area contributed by atoms with Gasteiger partial charge in [0.2, 0.25) is 0 Å². The van der Waals surface area contributed by atoms with Crippen molar-refractivity contribution in [2.45, 2.75) is 32.9 Å². The molecule has 96 valence electrons. The molecule has 1 heterocycles. The molecular weight excluding hydrogens is 234 g/mol. The number of nitrogens with one attached hydrogen (secondary N) is 1. The summed E-state index contributed by atoms with van der Waals surface area (Å²) in [5.41, 5.74) is 3.88. The summed E-state index contributed by atoms with van der Waals surface area (Å²) in [5, 5.41) is 0. The van der Waals surface area contributed by atoms with Gasteiger partial charge >= 0.3 is 0 Å². The lowest BCUT2D eigenvalue weighted by Gasteiger charge is -2.17. The molecule has 1 unspecified atom stereocenters. The first-order chi connectivity index (χ1) is 8.17. The molecular formula is C12H21N3OS. The van der Waals surface area contributed by atoms with Gasteiger partial charge < -0.3 is 4.74 Å². The zero-order valence-electron chi connectivity index (χ0n) is 10.6. The first kappa shape index (κ1) is 14.3. The molecule has 0 spiro atoms. The van der Waals surface area contributed by atoms with Crippen molar-refractivity contribution in [2.24, 2.45) is 5.84 Å². The van der Waals surface area contributed by atoms with Crippen molar-refractivity contribution in [1.29, 1.82) is 0 Å². The molecule has 0 radical (unpaired) electrons. The highest BCUT2D eigenvalue weighted by Gasteiger charge is 2.11. The van der Waals surface area contributed by atoms with Crippen LogP contribution in [-0.4, -0.2) is 22.6 Å². The quantitative estimate of drug-likeness (QED) is 0.577. The molecule has 0 aromatic carbocycles. The minimum Gasteiger partial charge on any atom is -0.489 e. The monoisotopic (exact) mass is 255 g/mol. The Hall–Kier alpha value is -0.780. The zero-order chi connectivity index (χ0) is 12.7. The normalized spacial score (nSPS) is 12.8. The van der Waals surface area contributed by atoms with Gasteiger partial charge in [-0.15, -0.1) is 0 Å². The lowest BCUT2D eigenvalue weighted by atomic mass is 10.1. The largest absolute Gasteiger partial charge is 0.489 e. The van der Waals surface area contributed by atoms with Crippen LogP contribution in [0.25, 0.3) is 0 Å². The highest BCUT2D eigenvalue weighted by atomic mass is 32.2. The summed E-state index contributed by atoms with van der Waals surface area (Å²) in [6.45, 7) is 6.13. The van der Waals surface area contributed by atoms with Crippen LogP contribution in [0.5, 0.6) is 5.75 Å². The highest BCUT2D eigenvalue weighted by Crippen LogP contribution is 2.21. The smallest absolute Gasteiger partial charge is 0.138 e. The van der Waals surface area contributed by atoms with E-state index >= 15 is 0 Å². The van der Waals surface area contributed by atoms with Gasteiger partial charge in [-0.25, -0.2) is 0 Å². The summed E-state index contributed by atoms with van der Waals surface area (Å²) in [6, 6.07) is 2.11. The van der Waals surface area contributed by atoms with Crippen LogP contribution < -0.4 is 16.0 Å². The average molecular weight is 255 g/mol. The Labute approximate surface area is 107 Å². The molecule has 0 aliphatic rings. The van der Waals surface area contributed by atoms with Gasteiger partial charge in [0.05, 0.1) is 18.3 Å². The van der Waals surface area contributed by atoms with Crippen LogP contribution >= 0.6 is 11.8 Å². The molecule has 1 aromatic heterocycles. The summed E-state index contributed by atoms with van der Waals surface area (Å²) >= 11 is 1.84. The van der Waals surface area contributed by atoms with Crippen molar-refractivity contribution in [3.05, 3.63) is 24.0 Å². The summed E-state index contributed by atoms with van der Waals surface area (Å²) in [7, 11) is 0. The molecule has 0 bridgehead atoms. The number of aromatic nitrogens is 1. The second-order valence-electron chi connectivity index (χ2n) is 4.00. The predicted octanol–water partition coefficient (Wildman–Crippen LogP) is 2.13. The number of ether oxygens (including phenoxy) is 1. The number of hydrogen-bond acceptors (Lipinski definition) is 5. The van der Waals surface area contributed by atoms with E-state index in [2.05, 4.69) is 17.3 Å². The van der Waals surface area contributed by atoms with E-state index in [1.54, 1.807) is 6.20 Å². The molecule has 0 fully saturated rings. The molecule has 0 saturated carbocycles. The summed E-state index contributed by atoms with van der Waals surface area (Å²) < 4.78 is 5.62. The van der Waals surface area contributed by atoms with Crippen LogP contribution in [0, 0.1) is 0 Å². The molecule has 1 rings (SSSR count). The molecule has 17 heavy (non-hydrogen) atoms. The Balaban J connectivity index is 2.73. The summed E-state index contributed by atoms with van der Waals surface area (Å²) in [4.78, 5) is 4.18. The number of nitrogens with zero attached hydrogens (tertiary/aromatic N) is 1. The van der Waals surface area contributed by atoms with Crippen molar-refractivity contribution >= 4 is 11.8 Å². The fourth-order valence-electron chi connectivity index (χ4n) is 1.44. The Morgan fingerprint density at radius 2 is 2.24 bits per heavy atom. The number of hydrogen-bond donors (Lipinski definition) is 2. The van der Waals surface area contributed by atoms with E-state index in [-0.39, 0.29) is 12.1 Å². The molecule has 0 aliphatic carbocycles. The number of hydrazine groups is 1. The minimum absolute atomic E-state index is 0.114. The van der Waals surface area contributed by atoms with E-state index in [0.29, 0.717) is 0 Å². The maximum absolute atomic E-state index is 5.62. The topological polar surface area (TPSA) is 60.2 Å². The average Bonchev–Trinajstić information content (AvgIpc) is 2.30. The SMILES string of the molecule is CCSCC(NN)c1cncc(OC(C)C)c1. The number of rotatable bonds is 7. The highest BCUT2D eigenvalue weighted by molar-refractivity contribution is 7.99. The maximum Gasteiger partial charge on any atom is 0.138 e. The van der Waals surface area contributed by atoms with E-state index in [4.69, 9.17) is 10.6 Å². The number of nitrogens with two attached hydrogens (primary N) is 1. The van der Waals surface area contributed by atoms with E-state index in [0.717, 1.165) is 22.8 Å². The Bertz CT molecular complexity index is 333. The van der Waals surface area contributed by atoms with E-state index < -0.39 is 0 Å². The molecule has 5 heteroatoms. The van der Waals surface area contributed by atoms with Gasteiger partial charge in [0.1, 0.15) is 5.75 Å². The lowest BCUT2D eigenvalue weighted by Crippen LogP contribution is -2.29. The van der Waals surface area contributed by atoms with Crippen LogP contribution in [0.15, 0.2) is 18.5 Å². The van der Waals surface area contributed by atoms with Crippen molar-refractivity contribution in [3.8, 4) is 5.75 Å². The van der Waals surface area contributed by atoms with Gasteiger partial charge in [-0.05, 0) is 31.2 Å². The van der Waals surface area contributed by atoms with Gasteiger partial charge in [-0.2, -0.15) is 11.8 Å². The third-order valence-corrected chi connectivity index (χ3v) is 3.18. The van der Waals surface area contributed by atoms with Crippen molar-refractivity contribution < 1.29 is 4.74 Å². The number of thioether (sulfide) groups is 1. The van der Waals surface area contributed by atoms with Gasteiger partial charge in [0.25, 0.3) is 0 Å². The van der Waals surface area contributed by atoms with Crippen LogP contribution in [0.2, 0.25) is 0 Å². The Morgan fingerprint density at radius 1 is 1.47 bits per heavy atom. The number of pyridine rings is 1. The molecule has 0 saturated heterocycles. The maximum atomic E-state index is 5.62. The van der Waals surface area contributed by atoms with Crippen molar-refractivity contribution in [1.82, 2.24) is 10.4 Å². The molecule has 4 nitrogen and oxygen atoms in total. The van der Waals surface area contributed by atoms with Gasteiger partial charge in [-0.3, -0.25) is 16.3 Å². The van der Waals surface area contributed by atoms with Crippen LogP contribution in [0.3, 0.4) is 0 Å². The first-order valence-electron chi connectivity index (χ1n) is 5.82. The first-order valence-corrected chi connectivity index (χ1v) is 6.98. The second-order valence-corrected chi connectivity index (χ2v) is 5.32.